The van der Waals surface area contributed by atoms with E-state index in [1.807, 2.05) is 0 Å². The first-order chi connectivity index (χ1) is 16.2. The van der Waals surface area contributed by atoms with Crippen molar-refractivity contribution in [3.63, 3.8) is 0 Å². The molecule has 0 aromatic carbocycles. The molecule has 0 spiro atoms. The Morgan fingerprint density at radius 3 is 2.00 bits per heavy atom. The van der Waals surface area contributed by atoms with Gasteiger partial charge in [0, 0.05) is 63.4 Å². The zero-order chi connectivity index (χ0) is 24.0. The minimum Gasteiger partial charge on any atom is -0.575 e. The topological polar surface area (TPSA) is 102 Å². The van der Waals surface area contributed by atoms with Crippen LogP contribution in [0, 0.1) is 0 Å². The van der Waals surface area contributed by atoms with E-state index >= 15 is 0 Å². The molecule has 33 heavy (non-hydrogen) atoms. The van der Waals surface area contributed by atoms with E-state index in [1.54, 1.807) is 0 Å². The van der Waals surface area contributed by atoms with Gasteiger partial charge in [-0.05, 0) is 38.5 Å². The van der Waals surface area contributed by atoms with Crippen LogP contribution < -0.4 is 32.3 Å². The van der Waals surface area contributed by atoms with Crippen molar-refractivity contribution in [2.24, 2.45) is 0 Å². The van der Waals surface area contributed by atoms with Gasteiger partial charge in [-0.15, -0.1) is 6.54 Å². The summed E-state index contributed by atoms with van der Waals surface area (Å²) in [6, 6.07) is 2.24. The normalized spacial score (nSPS) is 28.0. The van der Waals surface area contributed by atoms with Gasteiger partial charge in [0.2, 0.25) is 0 Å². The molecule has 1 saturated carbocycles. The van der Waals surface area contributed by atoms with Gasteiger partial charge < -0.3 is 37.2 Å². The molecule has 7 nitrogen and oxygen atoms in total. The molecule has 1 aliphatic heterocycles. The van der Waals surface area contributed by atoms with Gasteiger partial charge in [-0.2, -0.15) is 0 Å². The molecule has 0 bridgehead atoms. The SMILES string of the molecule is [Cl][Mn][Cl].[NH3+]CCCC[C@@H]1CN[C@@H](CCCC[N-]Cl)CN[C@@H]2CCCC[C@H]2NCCNCCN1. The monoisotopic (exact) mass is 570 g/mol. The van der Waals surface area contributed by atoms with Crippen molar-refractivity contribution in [1.29, 1.82) is 0 Å². The van der Waals surface area contributed by atoms with Gasteiger partial charge in [0.05, 0.1) is 6.54 Å². The molecule has 11 heteroatoms. The van der Waals surface area contributed by atoms with Crippen LogP contribution in [0.3, 0.4) is 0 Å². The Morgan fingerprint density at radius 2 is 1.33 bits per heavy atom. The van der Waals surface area contributed by atoms with Gasteiger partial charge in [0.15, 0.2) is 0 Å². The zero-order valence-corrected chi connectivity index (χ0v) is 23.7. The van der Waals surface area contributed by atoms with E-state index in [0.29, 0.717) is 24.2 Å². The van der Waals surface area contributed by atoms with E-state index in [0.717, 1.165) is 58.8 Å². The standard InChI is InChI=1S/C22H47ClN7.2ClH.Mn/c23-30-12-6-4-8-20-18-29-22-10-2-1-9-21(22)27-16-14-25-13-15-26-19(17-28-20)7-3-5-11-24;;;/h19-22,25-29H,1-18,24H2;2*1H;/q-1;;;+2/p-1/t19-,20+,21-,22-;;;/m1.../s1. The number of nitrogens with one attached hydrogen (secondary N) is 5. The van der Waals surface area contributed by atoms with Crippen LogP contribution >= 0.6 is 32.0 Å². The number of nitrogens with zero attached hydrogens (tertiary/aromatic N) is 1. The van der Waals surface area contributed by atoms with Crippen molar-refractivity contribution >= 4 is 32.0 Å². The Morgan fingerprint density at radius 1 is 0.758 bits per heavy atom. The molecule has 2 rings (SSSR count). The molecule has 8 N–H and O–H groups in total. The second-order valence-electron chi connectivity index (χ2n) is 9.11. The van der Waals surface area contributed by atoms with Crippen molar-refractivity contribution in [1.82, 2.24) is 26.6 Å². The quantitative estimate of drug-likeness (QED) is 0.189. The predicted molar refractivity (Wildman–Crippen MR) is 140 cm³/mol. The van der Waals surface area contributed by atoms with Crippen molar-refractivity contribution in [2.75, 3.05) is 52.4 Å². The Kier molecular flexibility index (Phi) is 22.9. The van der Waals surface area contributed by atoms with E-state index < -0.39 is 0 Å². The molecule has 4 atom stereocenters. The molecule has 0 aromatic rings. The van der Waals surface area contributed by atoms with E-state index in [2.05, 4.69) is 37.2 Å². The number of quaternary nitrogens is 1. The van der Waals surface area contributed by atoms with Crippen LogP contribution in [-0.2, 0) is 13.1 Å². The maximum absolute atomic E-state index is 5.51. The second kappa shape index (κ2) is 23.5. The minimum atomic E-state index is 0.00694. The maximum atomic E-state index is 5.51. The van der Waals surface area contributed by atoms with Crippen LogP contribution in [-0.4, -0.2) is 76.5 Å². The third kappa shape index (κ3) is 17.2. The third-order valence-corrected chi connectivity index (χ3v) is 6.76. The number of rotatable bonds is 9. The molecule has 199 valence electrons. The van der Waals surface area contributed by atoms with Crippen LogP contribution in [0.15, 0.2) is 0 Å². The largest absolute Gasteiger partial charge is 0.575 e. The summed E-state index contributed by atoms with van der Waals surface area (Å²) in [6.45, 7) is 8.05. The van der Waals surface area contributed by atoms with E-state index in [1.165, 1.54) is 57.8 Å². The Bertz CT molecular complexity index is 429. The van der Waals surface area contributed by atoms with Crippen LogP contribution in [0.2, 0.25) is 0 Å². The molecule has 2 aliphatic rings. The molecule has 2 fully saturated rings. The Hall–Kier alpha value is 1.11. The van der Waals surface area contributed by atoms with E-state index in [4.69, 9.17) is 32.0 Å². The average Bonchev–Trinajstić information content (AvgIpc) is 2.83. The van der Waals surface area contributed by atoms with Crippen molar-refractivity contribution < 1.29 is 18.9 Å². The molecule has 0 unspecified atom stereocenters. The van der Waals surface area contributed by atoms with Crippen LogP contribution in [0.25, 0.3) is 4.84 Å². The molecule has 1 aliphatic carbocycles. The summed E-state index contributed by atoms with van der Waals surface area (Å²) in [4.78, 5) is 3.74. The molecule has 0 aromatic heterocycles. The summed E-state index contributed by atoms with van der Waals surface area (Å²) in [5.41, 5.74) is 4.00. The van der Waals surface area contributed by atoms with Crippen LogP contribution in [0.5, 0.6) is 0 Å². The van der Waals surface area contributed by atoms with E-state index in [9.17, 15) is 0 Å². The van der Waals surface area contributed by atoms with Gasteiger partial charge >= 0.3 is 33.3 Å². The summed E-state index contributed by atoms with van der Waals surface area (Å²) < 4.78 is 0. The molecular weight excluding hydrogens is 524 g/mol. The fraction of sp³-hybridized carbons (Fsp3) is 1.00. The summed E-state index contributed by atoms with van der Waals surface area (Å²) in [5.74, 6) is 0. The number of hydrogen-bond donors (Lipinski definition) is 6. The van der Waals surface area contributed by atoms with Gasteiger partial charge in [0.1, 0.15) is 0 Å². The summed E-state index contributed by atoms with van der Waals surface area (Å²) in [6.07, 6.45) is 12.4. The van der Waals surface area contributed by atoms with Crippen LogP contribution in [0.1, 0.15) is 64.2 Å². The fourth-order valence-electron chi connectivity index (χ4n) is 4.74. The molecule has 1 saturated heterocycles. The first-order valence-electron chi connectivity index (χ1n) is 12.8. The number of halogens is 3. The minimum absolute atomic E-state index is 0.00694. The van der Waals surface area contributed by atoms with Gasteiger partial charge in [0.25, 0.3) is 0 Å². The molecular formula is C22H48Cl3MnN7. The average molecular weight is 572 g/mol. The maximum Gasteiger partial charge on any atom is 0.0739 e. The molecule has 1 heterocycles. The first-order valence-corrected chi connectivity index (χ1v) is 16.4. The van der Waals surface area contributed by atoms with Gasteiger partial charge in [-0.1, -0.05) is 25.7 Å². The van der Waals surface area contributed by atoms with Gasteiger partial charge in [-0.3, -0.25) is 11.8 Å². The summed E-state index contributed by atoms with van der Waals surface area (Å²) in [5, 5.41) is 19.0. The fourth-order valence-corrected chi connectivity index (χ4v) is 4.86. The van der Waals surface area contributed by atoms with Gasteiger partial charge in [-0.25, -0.2) is 0 Å². The predicted octanol–water partition coefficient (Wildman–Crippen LogP) is 2.48. The molecule has 0 amide bonds. The molecule has 0 radical (unpaired) electrons. The van der Waals surface area contributed by atoms with Crippen molar-refractivity contribution in [3.8, 4) is 0 Å². The number of fused-ring (bicyclic) bond motifs is 1. The van der Waals surface area contributed by atoms with Crippen molar-refractivity contribution in [2.45, 2.75) is 88.4 Å². The van der Waals surface area contributed by atoms with Crippen LogP contribution in [0.4, 0.5) is 0 Å². The number of unbranched alkanes of at least 4 members (excludes halogenated alkanes) is 2. The summed E-state index contributed by atoms with van der Waals surface area (Å²) in [7, 11) is 9.59. The van der Waals surface area contributed by atoms with Crippen molar-refractivity contribution in [3.05, 3.63) is 4.84 Å². The third-order valence-electron chi connectivity index (χ3n) is 6.59. The number of hydrogen-bond acceptors (Lipinski definition) is 5. The zero-order valence-electron chi connectivity index (χ0n) is 20.2. The van der Waals surface area contributed by atoms with E-state index in [-0.39, 0.29) is 13.1 Å². The Labute approximate surface area is 222 Å². The second-order valence-corrected chi connectivity index (χ2v) is 11.3. The summed E-state index contributed by atoms with van der Waals surface area (Å²) >= 11 is 5.52. The Balaban J connectivity index is 0.00000172. The smallest absolute Gasteiger partial charge is 0.0739 e. The first kappa shape index (κ1) is 32.1.